The van der Waals surface area contributed by atoms with Gasteiger partial charge in [0.1, 0.15) is 5.78 Å². The minimum atomic E-state index is 0.143. The van der Waals surface area contributed by atoms with Crippen LogP contribution in [0.15, 0.2) is 18.2 Å². The lowest BCUT2D eigenvalue weighted by molar-refractivity contribution is -0.120. The highest BCUT2D eigenvalue weighted by atomic mass is 35.5. The van der Waals surface area contributed by atoms with E-state index in [0.29, 0.717) is 18.6 Å². The third kappa shape index (κ3) is 2.39. The van der Waals surface area contributed by atoms with E-state index in [9.17, 15) is 4.79 Å². The molecular weight excluding hydrogens is 210 g/mol. The predicted octanol–water partition coefficient (Wildman–Crippen LogP) is 2.64. The lowest BCUT2D eigenvalue weighted by Gasteiger charge is -2.23. The van der Waals surface area contributed by atoms with Crippen LogP contribution >= 0.6 is 11.6 Å². The number of ketones is 1. The Kier molecular flexibility index (Phi) is 3.08. The number of benzene rings is 1. The van der Waals surface area contributed by atoms with E-state index in [0.717, 1.165) is 22.7 Å². The van der Waals surface area contributed by atoms with Crippen molar-refractivity contribution in [1.29, 1.82) is 0 Å². The third-order valence-corrected chi connectivity index (χ3v) is 3.23. The van der Waals surface area contributed by atoms with Crippen LogP contribution < -0.4 is 5.32 Å². The molecule has 1 aromatic rings. The van der Waals surface area contributed by atoms with E-state index in [1.165, 1.54) is 0 Å². The molecular formula is C12H14ClNO. The number of halogens is 1. The molecule has 0 bridgehead atoms. The highest BCUT2D eigenvalue weighted by molar-refractivity contribution is 6.31. The molecule has 1 aliphatic heterocycles. The number of carbonyl (C=O) groups excluding carboxylic acids is 1. The number of hydrogen-bond acceptors (Lipinski definition) is 2. The first-order chi connectivity index (χ1) is 7.16. The molecule has 1 aliphatic rings. The normalized spacial score (nSPS) is 21.7. The van der Waals surface area contributed by atoms with Crippen molar-refractivity contribution in [2.75, 3.05) is 6.54 Å². The number of carbonyl (C=O) groups is 1. The first kappa shape index (κ1) is 10.7. The van der Waals surface area contributed by atoms with Crippen molar-refractivity contribution in [2.45, 2.75) is 25.8 Å². The molecule has 1 aromatic carbocycles. The zero-order valence-electron chi connectivity index (χ0n) is 8.72. The number of nitrogens with one attached hydrogen (secondary N) is 1. The second-order valence-corrected chi connectivity index (χ2v) is 4.42. The van der Waals surface area contributed by atoms with Gasteiger partial charge >= 0.3 is 0 Å². The number of hydrogen-bond donors (Lipinski definition) is 1. The van der Waals surface area contributed by atoms with Gasteiger partial charge < -0.3 is 5.32 Å². The molecule has 80 valence electrons. The molecule has 0 spiro atoms. The Balaban J connectivity index is 2.21. The van der Waals surface area contributed by atoms with E-state index < -0.39 is 0 Å². The Bertz CT molecular complexity index is 389. The Morgan fingerprint density at radius 2 is 2.27 bits per heavy atom. The van der Waals surface area contributed by atoms with Crippen molar-refractivity contribution >= 4 is 17.4 Å². The SMILES string of the molecule is Cc1ccc(C2CC(=O)CCN2)cc1Cl. The van der Waals surface area contributed by atoms with Gasteiger partial charge in [-0.3, -0.25) is 4.79 Å². The summed E-state index contributed by atoms with van der Waals surface area (Å²) < 4.78 is 0. The van der Waals surface area contributed by atoms with Crippen LogP contribution in [0.25, 0.3) is 0 Å². The topological polar surface area (TPSA) is 29.1 Å². The van der Waals surface area contributed by atoms with Gasteiger partial charge in [0.15, 0.2) is 0 Å². The molecule has 15 heavy (non-hydrogen) atoms. The van der Waals surface area contributed by atoms with Crippen molar-refractivity contribution in [3.8, 4) is 0 Å². The van der Waals surface area contributed by atoms with Crippen molar-refractivity contribution in [3.63, 3.8) is 0 Å². The summed E-state index contributed by atoms with van der Waals surface area (Å²) in [7, 11) is 0. The van der Waals surface area contributed by atoms with E-state index in [4.69, 9.17) is 11.6 Å². The Labute approximate surface area is 94.6 Å². The van der Waals surface area contributed by atoms with Crippen molar-refractivity contribution in [2.24, 2.45) is 0 Å². The minimum absolute atomic E-state index is 0.143. The van der Waals surface area contributed by atoms with E-state index >= 15 is 0 Å². The first-order valence-corrected chi connectivity index (χ1v) is 5.56. The Hall–Kier alpha value is -0.860. The van der Waals surface area contributed by atoms with E-state index in [-0.39, 0.29) is 6.04 Å². The summed E-state index contributed by atoms with van der Waals surface area (Å²) in [5.41, 5.74) is 2.18. The molecule has 1 unspecified atom stereocenters. The molecule has 1 saturated heterocycles. The van der Waals surface area contributed by atoms with Crippen LogP contribution in [0.2, 0.25) is 5.02 Å². The van der Waals surface area contributed by atoms with Gasteiger partial charge in [-0.05, 0) is 24.1 Å². The fraction of sp³-hybridized carbons (Fsp3) is 0.417. The van der Waals surface area contributed by atoms with Gasteiger partial charge in [0, 0.05) is 30.5 Å². The van der Waals surface area contributed by atoms with Gasteiger partial charge in [-0.1, -0.05) is 23.7 Å². The maximum absolute atomic E-state index is 11.3. The molecule has 1 N–H and O–H groups in total. The number of aryl methyl sites for hydroxylation is 1. The van der Waals surface area contributed by atoms with Gasteiger partial charge in [-0.25, -0.2) is 0 Å². The molecule has 2 rings (SSSR count). The Morgan fingerprint density at radius 1 is 1.47 bits per heavy atom. The maximum atomic E-state index is 11.3. The second kappa shape index (κ2) is 4.33. The molecule has 1 atom stereocenters. The molecule has 2 nitrogen and oxygen atoms in total. The zero-order chi connectivity index (χ0) is 10.8. The number of piperidine rings is 1. The van der Waals surface area contributed by atoms with Crippen molar-refractivity contribution in [1.82, 2.24) is 5.32 Å². The average Bonchev–Trinajstić information content (AvgIpc) is 2.22. The average molecular weight is 224 g/mol. The van der Waals surface area contributed by atoms with Gasteiger partial charge in [0.2, 0.25) is 0 Å². The highest BCUT2D eigenvalue weighted by Gasteiger charge is 2.20. The highest BCUT2D eigenvalue weighted by Crippen LogP contribution is 2.25. The van der Waals surface area contributed by atoms with Crippen molar-refractivity contribution in [3.05, 3.63) is 34.3 Å². The summed E-state index contributed by atoms with van der Waals surface area (Å²) in [6.45, 7) is 2.75. The van der Waals surface area contributed by atoms with Crippen LogP contribution in [0.1, 0.15) is 30.0 Å². The smallest absolute Gasteiger partial charge is 0.136 e. The molecule has 1 fully saturated rings. The Morgan fingerprint density at radius 3 is 2.93 bits per heavy atom. The summed E-state index contributed by atoms with van der Waals surface area (Å²) in [6, 6.07) is 6.13. The van der Waals surface area contributed by atoms with Gasteiger partial charge in [0.25, 0.3) is 0 Å². The van der Waals surface area contributed by atoms with Crippen molar-refractivity contribution < 1.29 is 4.79 Å². The molecule has 3 heteroatoms. The quantitative estimate of drug-likeness (QED) is 0.793. The van der Waals surface area contributed by atoms with Crippen LogP contribution in [-0.2, 0) is 4.79 Å². The van der Waals surface area contributed by atoms with Crippen LogP contribution in [0.3, 0.4) is 0 Å². The van der Waals surface area contributed by atoms with Crippen LogP contribution in [-0.4, -0.2) is 12.3 Å². The summed E-state index contributed by atoms with van der Waals surface area (Å²) in [5.74, 6) is 0.329. The monoisotopic (exact) mass is 223 g/mol. The van der Waals surface area contributed by atoms with E-state index in [2.05, 4.69) is 5.32 Å². The standard InChI is InChI=1S/C12H14ClNO/c1-8-2-3-9(6-11(8)13)12-7-10(15)4-5-14-12/h2-3,6,12,14H,4-5,7H2,1H3. The van der Waals surface area contributed by atoms with Crippen LogP contribution in [0.5, 0.6) is 0 Å². The summed E-state index contributed by atoms with van der Waals surface area (Å²) in [5, 5.41) is 4.10. The molecule has 0 aliphatic carbocycles. The summed E-state index contributed by atoms with van der Waals surface area (Å²) in [4.78, 5) is 11.3. The van der Waals surface area contributed by atoms with Gasteiger partial charge in [-0.15, -0.1) is 0 Å². The van der Waals surface area contributed by atoms with Gasteiger partial charge in [0.05, 0.1) is 0 Å². The van der Waals surface area contributed by atoms with Gasteiger partial charge in [-0.2, -0.15) is 0 Å². The number of Topliss-reactive ketones (excluding diaryl/α,β-unsaturated/α-hetero) is 1. The summed E-state index contributed by atoms with van der Waals surface area (Å²) in [6.07, 6.45) is 1.23. The van der Waals surface area contributed by atoms with Crippen LogP contribution in [0.4, 0.5) is 0 Å². The molecule has 1 heterocycles. The lowest BCUT2D eigenvalue weighted by Crippen LogP contribution is -2.31. The fourth-order valence-corrected chi connectivity index (χ4v) is 2.04. The predicted molar refractivity (Wildman–Crippen MR) is 61.2 cm³/mol. The molecule has 0 radical (unpaired) electrons. The third-order valence-electron chi connectivity index (χ3n) is 2.82. The first-order valence-electron chi connectivity index (χ1n) is 5.18. The number of rotatable bonds is 1. The summed E-state index contributed by atoms with van der Waals surface area (Å²) >= 11 is 6.06. The second-order valence-electron chi connectivity index (χ2n) is 4.01. The minimum Gasteiger partial charge on any atom is -0.309 e. The lowest BCUT2D eigenvalue weighted by atomic mass is 9.96. The van der Waals surface area contributed by atoms with E-state index in [1.807, 2.05) is 25.1 Å². The van der Waals surface area contributed by atoms with E-state index in [1.54, 1.807) is 0 Å². The van der Waals surface area contributed by atoms with Crippen LogP contribution in [0, 0.1) is 6.92 Å². The molecule has 0 saturated carbocycles. The molecule has 0 amide bonds. The fourth-order valence-electron chi connectivity index (χ4n) is 1.85. The largest absolute Gasteiger partial charge is 0.309 e. The molecule has 0 aromatic heterocycles. The zero-order valence-corrected chi connectivity index (χ0v) is 9.47. The maximum Gasteiger partial charge on any atom is 0.136 e.